The van der Waals surface area contributed by atoms with Gasteiger partial charge in [-0.05, 0) is 55.3 Å². The number of ether oxygens (including phenoxy) is 4. The molecular formula is C46H47N11O15S2. The van der Waals surface area contributed by atoms with Crippen molar-refractivity contribution in [2.24, 2.45) is 11.7 Å². The van der Waals surface area contributed by atoms with Crippen molar-refractivity contribution in [3.05, 3.63) is 105 Å². The molecule has 5 unspecified atom stereocenters. The zero-order chi connectivity index (χ0) is 53.2. The van der Waals surface area contributed by atoms with Crippen LogP contribution >= 0.6 is 21.6 Å². The number of fused-ring (bicyclic) bond motifs is 5. The van der Waals surface area contributed by atoms with E-state index in [-0.39, 0.29) is 77.1 Å². The van der Waals surface area contributed by atoms with E-state index in [4.69, 9.17) is 30.4 Å². The third-order valence-electron chi connectivity index (χ3n) is 12.7. The molecule has 3 aliphatic heterocycles. The summed E-state index contributed by atoms with van der Waals surface area (Å²) >= 11 is 0. The van der Waals surface area contributed by atoms with Crippen molar-refractivity contribution in [1.29, 1.82) is 0 Å². The lowest BCUT2D eigenvalue weighted by atomic mass is 9.83. The normalized spacial score (nSPS) is 20.3. The molecule has 2 aromatic carbocycles. The average molecular weight is 1060 g/mol. The van der Waals surface area contributed by atoms with Crippen molar-refractivity contribution in [2.45, 2.75) is 67.7 Å². The first-order valence-electron chi connectivity index (χ1n) is 22.4. The molecule has 2 aromatic heterocycles. The Morgan fingerprint density at radius 3 is 2.32 bits per heavy atom. The number of nitrogen functional groups attached to an aromatic ring is 1. The predicted octanol–water partition coefficient (Wildman–Crippen LogP) is 1.28. The van der Waals surface area contributed by atoms with Gasteiger partial charge in [-0.25, -0.2) is 29.1 Å². The quantitative estimate of drug-likeness (QED) is 0.0331. The summed E-state index contributed by atoms with van der Waals surface area (Å²) in [6, 6.07) is 8.95. The maximum Gasteiger partial charge on any atom is 0.410 e. The van der Waals surface area contributed by atoms with Crippen LogP contribution in [0, 0.1) is 5.92 Å². The Bertz CT molecular complexity index is 3100. The molecule has 388 valence electrons. The minimum absolute atomic E-state index is 0.0124. The molecular weight excluding hydrogens is 1010 g/mol. The zero-order valence-corrected chi connectivity index (χ0v) is 41.1. The second-order valence-corrected chi connectivity index (χ2v) is 19.5. The van der Waals surface area contributed by atoms with Gasteiger partial charge in [-0.2, -0.15) is 4.98 Å². The largest absolute Gasteiger partial charge is 0.492 e. The topological polar surface area (TPSA) is 380 Å². The van der Waals surface area contributed by atoms with Crippen molar-refractivity contribution in [1.82, 2.24) is 40.4 Å². The third kappa shape index (κ3) is 10.4. The molecule has 2 saturated heterocycles. The Hall–Kier alpha value is -8.24. The van der Waals surface area contributed by atoms with Crippen molar-refractivity contribution < 1.29 is 67.5 Å². The highest BCUT2D eigenvalue weighted by Crippen LogP contribution is 2.60. The van der Waals surface area contributed by atoms with E-state index >= 15 is 0 Å². The fourth-order valence-corrected chi connectivity index (χ4v) is 11.3. The van der Waals surface area contributed by atoms with Crippen molar-refractivity contribution in [3.8, 4) is 0 Å². The minimum atomic E-state index is -1.47. The molecule has 8 rings (SSSR count). The number of carboxylic acids is 2. The molecule has 4 amide bonds. The Balaban J connectivity index is 0.771. The smallest absolute Gasteiger partial charge is 0.410 e. The number of aliphatic carboxylic acids is 2. The first kappa shape index (κ1) is 52.1. The van der Waals surface area contributed by atoms with Crippen LogP contribution in [0.25, 0.3) is 11.2 Å². The molecule has 10 N–H and O–H groups in total. The van der Waals surface area contributed by atoms with E-state index in [0.717, 1.165) is 10.8 Å². The number of aromatic amines is 1. The zero-order valence-electron chi connectivity index (χ0n) is 39.4. The Morgan fingerprint density at radius 2 is 1.66 bits per heavy atom. The van der Waals surface area contributed by atoms with Crippen molar-refractivity contribution >= 4 is 91.9 Å². The second-order valence-electron chi connectivity index (χ2n) is 17.1. The number of anilines is 2. The van der Waals surface area contributed by atoms with E-state index in [1.807, 2.05) is 0 Å². The number of nitrogens with one attached hydrogen (secondary N) is 4. The number of nitrogens with zero attached hydrogens (tertiary/aromatic N) is 5. The van der Waals surface area contributed by atoms with Crippen LogP contribution in [0.3, 0.4) is 0 Å². The highest BCUT2D eigenvalue weighted by Gasteiger charge is 2.78. The number of benzene rings is 2. The van der Waals surface area contributed by atoms with Gasteiger partial charge in [0, 0.05) is 53.1 Å². The summed E-state index contributed by atoms with van der Waals surface area (Å²) in [6.07, 6.45) is -1.11. The second kappa shape index (κ2) is 21.5. The van der Waals surface area contributed by atoms with E-state index in [2.05, 4.69) is 35.9 Å². The summed E-state index contributed by atoms with van der Waals surface area (Å²) in [5.41, 5.74) is 10.9. The molecule has 74 heavy (non-hydrogen) atoms. The molecule has 2 fully saturated rings. The van der Waals surface area contributed by atoms with Gasteiger partial charge in [-0.1, -0.05) is 33.7 Å². The first-order chi connectivity index (χ1) is 35.4. The lowest BCUT2D eigenvalue weighted by Crippen LogP contribution is -2.56. The number of primary amides is 1. The molecule has 26 nitrogen and oxygen atoms in total. The Morgan fingerprint density at radius 1 is 0.946 bits per heavy atom. The van der Waals surface area contributed by atoms with Crippen LogP contribution in [0.5, 0.6) is 0 Å². The number of carbonyl (C=O) groups is 8. The van der Waals surface area contributed by atoms with Gasteiger partial charge in [0.1, 0.15) is 31.3 Å². The number of hydrogen-bond acceptors (Lipinski definition) is 21. The summed E-state index contributed by atoms with van der Waals surface area (Å²) < 4.78 is 22.1. The van der Waals surface area contributed by atoms with Crippen LogP contribution in [0.4, 0.5) is 21.2 Å². The number of Topliss-reactive ketones (excluding diaryl/α,β-unsaturated/α-hetero) is 2. The SMILES string of the molecule is COC1=C(C)C(=O)C2=C(C1=O)C(COC(N)=O)[C@@]1(OC)C3C(CN21)N3C(=O)OCc1ccc(SSCC(NC(=O)CCC(NC(=O)c2ccc(NCc3cnc4nc(N)[nH]c(=O)c4n3)cc2)C(=O)O)C(=O)O)cc1. The van der Waals surface area contributed by atoms with Crippen LogP contribution in [0.1, 0.15) is 41.4 Å². The van der Waals surface area contributed by atoms with Gasteiger partial charge < -0.3 is 61.5 Å². The van der Waals surface area contributed by atoms with E-state index < -0.39 is 102 Å². The number of rotatable bonds is 21. The predicted molar refractivity (Wildman–Crippen MR) is 260 cm³/mol. The lowest BCUT2D eigenvalue weighted by Gasteiger charge is -2.40. The minimum Gasteiger partial charge on any atom is -0.492 e. The number of amides is 4. The van der Waals surface area contributed by atoms with E-state index in [9.17, 15) is 53.4 Å². The molecule has 4 aromatic rings. The molecule has 0 radical (unpaired) electrons. The van der Waals surface area contributed by atoms with Crippen molar-refractivity contribution in [2.75, 3.05) is 44.2 Å². The summed E-state index contributed by atoms with van der Waals surface area (Å²) in [5, 5.41) is 27.5. The van der Waals surface area contributed by atoms with E-state index in [0.29, 0.717) is 21.8 Å². The number of nitrogens with two attached hydrogens (primary N) is 2. The molecule has 28 heteroatoms. The van der Waals surface area contributed by atoms with E-state index in [1.165, 1.54) is 55.2 Å². The maximum absolute atomic E-state index is 13.7. The number of hydrogen-bond donors (Lipinski definition) is 8. The van der Waals surface area contributed by atoms with E-state index in [1.54, 1.807) is 41.3 Å². The summed E-state index contributed by atoms with van der Waals surface area (Å²) in [7, 11) is 5.00. The highest BCUT2D eigenvalue weighted by atomic mass is 33.1. The number of carbonyl (C=O) groups excluding carboxylic acids is 6. The third-order valence-corrected chi connectivity index (χ3v) is 15.1. The molecule has 0 bridgehead atoms. The number of aromatic nitrogens is 4. The fraction of sp³-hybridized carbons (Fsp3) is 0.348. The summed E-state index contributed by atoms with van der Waals surface area (Å²) in [5.74, 6) is -6.52. The van der Waals surface area contributed by atoms with Crippen LogP contribution < -0.4 is 33.0 Å². The number of ketones is 2. The van der Waals surface area contributed by atoms with Gasteiger partial charge in [-0.15, -0.1) is 0 Å². The lowest BCUT2D eigenvalue weighted by molar-refractivity contribution is -0.144. The van der Waals surface area contributed by atoms with Gasteiger partial charge >= 0.3 is 24.1 Å². The Kier molecular flexibility index (Phi) is 15.1. The molecule has 4 aliphatic rings. The van der Waals surface area contributed by atoms with Gasteiger partial charge in [0.2, 0.25) is 23.4 Å². The summed E-state index contributed by atoms with van der Waals surface area (Å²) in [6.45, 7) is 1.22. The van der Waals surface area contributed by atoms with Gasteiger partial charge in [0.25, 0.3) is 11.5 Å². The van der Waals surface area contributed by atoms with Crippen LogP contribution in [-0.4, -0.2) is 150 Å². The Labute approximate surface area is 426 Å². The van der Waals surface area contributed by atoms with Gasteiger partial charge in [-0.3, -0.25) is 33.9 Å². The molecule has 0 spiro atoms. The van der Waals surface area contributed by atoms with Crippen LogP contribution in [0.2, 0.25) is 0 Å². The average Bonchev–Trinajstić information content (AvgIpc) is 3.88. The van der Waals surface area contributed by atoms with Crippen molar-refractivity contribution in [3.63, 3.8) is 0 Å². The molecule has 5 heterocycles. The first-order valence-corrected chi connectivity index (χ1v) is 24.8. The monoisotopic (exact) mass is 1060 g/mol. The number of methoxy groups -OCH3 is 2. The van der Waals surface area contributed by atoms with Crippen LogP contribution in [0.15, 0.2) is 87.0 Å². The molecule has 1 aliphatic carbocycles. The highest BCUT2D eigenvalue weighted by molar-refractivity contribution is 8.76. The maximum atomic E-state index is 13.7. The molecule has 0 saturated carbocycles. The molecule has 6 atom stereocenters. The number of piperazine rings is 1. The number of allylic oxidation sites excluding steroid dienone is 2. The summed E-state index contributed by atoms with van der Waals surface area (Å²) in [4.78, 5) is 133. The van der Waals surface area contributed by atoms with Gasteiger partial charge in [0.05, 0.1) is 43.2 Å². The van der Waals surface area contributed by atoms with Crippen LogP contribution in [-0.2, 0) is 56.1 Å². The fourth-order valence-electron chi connectivity index (χ4n) is 9.16. The van der Waals surface area contributed by atoms with Gasteiger partial charge in [0.15, 0.2) is 22.6 Å². The number of H-pyrrole nitrogens is 1. The number of carboxylic acid groups (broad SMARTS) is 2. The standard InChI is InChI=1S/C46H47N11O15S2/c1-20-34(59)33-31(35(60)36(20)69-2)26(18-71-44(48)67)46(70-3)37-29(16-56(33)46)57(37)45(68)72-17-21-4-10-25(11-5-21)74-73-19-28(42(65)66)52-30(58)13-12-27(41(63)64)53-39(61)22-6-8-23(9-7-22)49-14-24-15-50-38-32(51-24)40(62)55-43(47)54-38/h4-11,15,26-29,37,49H,12-14,16-19H2,1-3H3,(H2,48,67)(H,52,58)(H,53,61)(H,63,64)(H,65,66)(H3,47,50,54,55,62)/t26?,27?,28?,29?,37?,46-,57?/m1/s1.